The van der Waals surface area contributed by atoms with Crippen molar-refractivity contribution in [3.8, 4) is 11.8 Å². The number of benzene rings is 2. The number of aliphatic hydroxyl groups is 1. The Bertz CT molecular complexity index is 1080. The van der Waals surface area contributed by atoms with E-state index in [1.54, 1.807) is 18.2 Å². The molecule has 4 rings (SSSR count). The third-order valence-corrected chi connectivity index (χ3v) is 5.25. The minimum Gasteiger partial charge on any atom is -0.485 e. The van der Waals surface area contributed by atoms with Crippen LogP contribution in [0.15, 0.2) is 53.1 Å². The van der Waals surface area contributed by atoms with Crippen LogP contribution in [0.5, 0.6) is 5.75 Å². The standard InChI is InChI=1S/C23H23N3O3/c1-14-10-17(26-29-14)12-16-6-4-5-7-19(16)25-21-18-11-15(13-24)8-9-20(18)28-23(2,3)22(21)27/h4-11,21-22,25,27H,12H2,1-3H3/t21-,22+/m0/s1. The van der Waals surface area contributed by atoms with Crippen molar-refractivity contribution in [2.45, 2.75) is 44.9 Å². The smallest absolute Gasteiger partial charge is 0.133 e. The SMILES string of the molecule is Cc1cc(Cc2ccccc2N[C@H]2c3cc(C#N)ccc3OC(C)(C)[C@@H]2O)no1. The number of aliphatic hydroxyl groups excluding tert-OH is 1. The van der Waals surface area contributed by atoms with E-state index in [0.717, 1.165) is 28.3 Å². The third-order valence-electron chi connectivity index (χ3n) is 5.25. The molecule has 1 aromatic heterocycles. The molecule has 1 aliphatic heterocycles. The Labute approximate surface area is 169 Å². The summed E-state index contributed by atoms with van der Waals surface area (Å²) in [6, 6.07) is 16.9. The summed E-state index contributed by atoms with van der Waals surface area (Å²) in [5.41, 5.74) is 3.28. The van der Waals surface area contributed by atoms with Crippen molar-refractivity contribution < 1.29 is 14.4 Å². The molecule has 148 valence electrons. The summed E-state index contributed by atoms with van der Waals surface area (Å²) in [6.45, 7) is 5.58. The number of hydrogen-bond acceptors (Lipinski definition) is 6. The van der Waals surface area contributed by atoms with E-state index >= 15 is 0 Å². The van der Waals surface area contributed by atoms with Gasteiger partial charge in [-0.25, -0.2) is 0 Å². The van der Waals surface area contributed by atoms with E-state index in [9.17, 15) is 10.4 Å². The predicted molar refractivity (Wildman–Crippen MR) is 109 cm³/mol. The number of para-hydroxylation sites is 1. The number of aryl methyl sites for hydroxylation is 1. The van der Waals surface area contributed by atoms with Gasteiger partial charge in [-0.2, -0.15) is 5.26 Å². The van der Waals surface area contributed by atoms with E-state index in [2.05, 4.69) is 16.5 Å². The van der Waals surface area contributed by atoms with Crippen molar-refractivity contribution in [2.24, 2.45) is 0 Å². The number of rotatable bonds is 4. The molecule has 0 fully saturated rings. The van der Waals surface area contributed by atoms with Gasteiger partial charge in [0.15, 0.2) is 0 Å². The fourth-order valence-electron chi connectivity index (χ4n) is 3.71. The molecule has 2 N–H and O–H groups in total. The zero-order valence-electron chi connectivity index (χ0n) is 16.6. The molecular formula is C23H23N3O3. The highest BCUT2D eigenvalue weighted by molar-refractivity contribution is 5.57. The van der Waals surface area contributed by atoms with Crippen LogP contribution in [0.2, 0.25) is 0 Å². The van der Waals surface area contributed by atoms with Gasteiger partial charge in [-0.05, 0) is 50.6 Å². The van der Waals surface area contributed by atoms with Crippen LogP contribution in [0.25, 0.3) is 0 Å². The predicted octanol–water partition coefficient (Wildman–Crippen LogP) is 4.13. The lowest BCUT2D eigenvalue weighted by molar-refractivity contribution is -0.0532. The topological polar surface area (TPSA) is 91.3 Å². The van der Waals surface area contributed by atoms with E-state index in [1.807, 2.05) is 51.1 Å². The number of nitriles is 1. The van der Waals surface area contributed by atoms with Crippen LogP contribution < -0.4 is 10.1 Å². The summed E-state index contributed by atoms with van der Waals surface area (Å²) in [5, 5.41) is 27.9. The molecular weight excluding hydrogens is 366 g/mol. The molecule has 3 aromatic rings. The molecule has 1 aliphatic rings. The Morgan fingerprint density at radius 1 is 1.21 bits per heavy atom. The number of anilines is 1. The average Bonchev–Trinajstić information content (AvgIpc) is 3.11. The van der Waals surface area contributed by atoms with Crippen molar-refractivity contribution in [1.82, 2.24) is 5.16 Å². The molecule has 6 heteroatoms. The lowest BCUT2D eigenvalue weighted by Gasteiger charge is -2.43. The van der Waals surface area contributed by atoms with E-state index in [0.29, 0.717) is 17.7 Å². The van der Waals surface area contributed by atoms with Crippen LogP contribution in [0.4, 0.5) is 5.69 Å². The molecule has 0 saturated carbocycles. The van der Waals surface area contributed by atoms with Gasteiger partial charge in [0, 0.05) is 23.7 Å². The van der Waals surface area contributed by atoms with Crippen molar-refractivity contribution >= 4 is 5.69 Å². The van der Waals surface area contributed by atoms with Crippen molar-refractivity contribution in [3.05, 3.63) is 76.7 Å². The average molecular weight is 389 g/mol. The Hall–Kier alpha value is -3.30. The molecule has 2 atom stereocenters. The second-order valence-corrected chi connectivity index (χ2v) is 7.90. The first-order valence-corrected chi connectivity index (χ1v) is 9.55. The molecule has 2 heterocycles. The molecule has 0 radical (unpaired) electrons. The second-order valence-electron chi connectivity index (χ2n) is 7.90. The van der Waals surface area contributed by atoms with Gasteiger partial charge in [-0.1, -0.05) is 23.4 Å². The summed E-state index contributed by atoms with van der Waals surface area (Å²) < 4.78 is 11.2. The van der Waals surface area contributed by atoms with Gasteiger partial charge in [0.05, 0.1) is 23.4 Å². The molecule has 0 amide bonds. The maximum atomic E-state index is 11.1. The van der Waals surface area contributed by atoms with E-state index in [-0.39, 0.29) is 0 Å². The van der Waals surface area contributed by atoms with Crippen LogP contribution in [0.1, 0.15) is 48.0 Å². The van der Waals surface area contributed by atoms with E-state index in [1.165, 1.54) is 0 Å². The summed E-state index contributed by atoms with van der Waals surface area (Å²) >= 11 is 0. The molecule has 0 spiro atoms. The van der Waals surface area contributed by atoms with Gasteiger partial charge in [0.1, 0.15) is 23.2 Å². The van der Waals surface area contributed by atoms with Crippen LogP contribution in [0, 0.1) is 18.3 Å². The van der Waals surface area contributed by atoms with Crippen molar-refractivity contribution in [1.29, 1.82) is 5.26 Å². The molecule has 0 bridgehead atoms. The highest BCUT2D eigenvalue weighted by Gasteiger charge is 2.43. The Balaban J connectivity index is 1.71. The minimum atomic E-state index is -0.814. The first kappa shape index (κ1) is 19.0. The summed E-state index contributed by atoms with van der Waals surface area (Å²) in [4.78, 5) is 0. The highest BCUT2D eigenvalue weighted by atomic mass is 16.5. The maximum Gasteiger partial charge on any atom is 0.133 e. The molecule has 2 aromatic carbocycles. The number of aromatic nitrogens is 1. The van der Waals surface area contributed by atoms with Crippen LogP contribution in [-0.4, -0.2) is 22.0 Å². The van der Waals surface area contributed by atoms with Gasteiger partial charge in [0.25, 0.3) is 0 Å². The van der Waals surface area contributed by atoms with Crippen molar-refractivity contribution in [2.75, 3.05) is 5.32 Å². The fraction of sp³-hybridized carbons (Fsp3) is 0.304. The van der Waals surface area contributed by atoms with Crippen LogP contribution in [0.3, 0.4) is 0 Å². The maximum absolute atomic E-state index is 11.1. The largest absolute Gasteiger partial charge is 0.485 e. The Morgan fingerprint density at radius 3 is 2.72 bits per heavy atom. The first-order valence-electron chi connectivity index (χ1n) is 9.55. The zero-order valence-corrected chi connectivity index (χ0v) is 16.6. The van der Waals surface area contributed by atoms with Gasteiger partial charge < -0.3 is 19.7 Å². The van der Waals surface area contributed by atoms with E-state index in [4.69, 9.17) is 9.26 Å². The summed E-state index contributed by atoms with van der Waals surface area (Å²) in [7, 11) is 0. The lowest BCUT2D eigenvalue weighted by atomic mass is 9.85. The van der Waals surface area contributed by atoms with Gasteiger partial charge in [-0.3, -0.25) is 0 Å². The van der Waals surface area contributed by atoms with Crippen LogP contribution >= 0.6 is 0 Å². The highest BCUT2D eigenvalue weighted by Crippen LogP contribution is 2.42. The number of hydrogen-bond donors (Lipinski definition) is 2. The quantitative estimate of drug-likeness (QED) is 0.697. The van der Waals surface area contributed by atoms with Gasteiger partial charge in [0.2, 0.25) is 0 Å². The van der Waals surface area contributed by atoms with Crippen molar-refractivity contribution in [3.63, 3.8) is 0 Å². The molecule has 0 saturated heterocycles. The molecule has 0 aliphatic carbocycles. The first-order chi connectivity index (χ1) is 13.9. The Morgan fingerprint density at radius 2 is 2.00 bits per heavy atom. The zero-order chi connectivity index (χ0) is 20.6. The fourth-order valence-corrected chi connectivity index (χ4v) is 3.71. The summed E-state index contributed by atoms with van der Waals surface area (Å²) in [5.74, 6) is 1.44. The monoisotopic (exact) mass is 389 g/mol. The van der Waals surface area contributed by atoms with Gasteiger partial charge >= 0.3 is 0 Å². The lowest BCUT2D eigenvalue weighted by Crippen LogP contribution is -2.50. The number of fused-ring (bicyclic) bond motifs is 1. The number of ether oxygens (including phenoxy) is 1. The van der Waals surface area contributed by atoms with Crippen LogP contribution in [-0.2, 0) is 6.42 Å². The molecule has 29 heavy (non-hydrogen) atoms. The Kier molecular flexibility index (Phi) is 4.77. The molecule has 6 nitrogen and oxygen atoms in total. The summed E-state index contributed by atoms with van der Waals surface area (Å²) in [6.07, 6.45) is -0.208. The third kappa shape index (κ3) is 3.69. The minimum absolute atomic E-state index is 0.428. The number of nitrogens with zero attached hydrogens (tertiary/aromatic N) is 2. The van der Waals surface area contributed by atoms with Gasteiger partial charge in [-0.15, -0.1) is 0 Å². The number of nitrogens with one attached hydrogen (secondary N) is 1. The molecule has 0 unspecified atom stereocenters. The normalized spacial score (nSPS) is 19.7. The second kappa shape index (κ2) is 7.26. The van der Waals surface area contributed by atoms with E-state index < -0.39 is 17.7 Å².